The predicted octanol–water partition coefficient (Wildman–Crippen LogP) is 2.92. The lowest BCUT2D eigenvalue weighted by atomic mass is 10.2. The summed E-state index contributed by atoms with van der Waals surface area (Å²) in [5.41, 5.74) is 1.70. The van der Waals surface area contributed by atoms with E-state index in [0.29, 0.717) is 11.4 Å². The summed E-state index contributed by atoms with van der Waals surface area (Å²) < 4.78 is 27.4. The van der Waals surface area contributed by atoms with Crippen molar-refractivity contribution in [1.82, 2.24) is 15.0 Å². The van der Waals surface area contributed by atoms with Gasteiger partial charge in [-0.3, -0.25) is 0 Å². The standard InChI is InChI=1S/C14H9F2N3O/c15-12-6-3-10(7-13(12)16)19-8-14(17-18-19)9-1-4-11(20)5-2-9/h1-8,20H. The average molecular weight is 273 g/mol. The van der Waals surface area contributed by atoms with Crippen molar-refractivity contribution >= 4 is 0 Å². The molecule has 2 aromatic carbocycles. The third-order valence-electron chi connectivity index (χ3n) is 2.82. The van der Waals surface area contributed by atoms with Gasteiger partial charge in [-0.1, -0.05) is 5.21 Å². The summed E-state index contributed by atoms with van der Waals surface area (Å²) in [7, 11) is 0. The highest BCUT2D eigenvalue weighted by Crippen LogP contribution is 2.20. The molecule has 0 spiro atoms. The zero-order valence-corrected chi connectivity index (χ0v) is 10.2. The van der Waals surface area contributed by atoms with Crippen molar-refractivity contribution in [3.8, 4) is 22.7 Å². The minimum absolute atomic E-state index is 0.154. The number of hydrogen-bond acceptors (Lipinski definition) is 3. The van der Waals surface area contributed by atoms with Crippen LogP contribution in [0.2, 0.25) is 0 Å². The van der Waals surface area contributed by atoms with Gasteiger partial charge in [0.15, 0.2) is 11.6 Å². The monoisotopic (exact) mass is 273 g/mol. The molecule has 0 aliphatic heterocycles. The molecule has 100 valence electrons. The average Bonchev–Trinajstić information content (AvgIpc) is 2.92. The Hall–Kier alpha value is -2.76. The van der Waals surface area contributed by atoms with Crippen LogP contribution in [0.15, 0.2) is 48.7 Å². The Morgan fingerprint density at radius 3 is 2.40 bits per heavy atom. The van der Waals surface area contributed by atoms with Crippen LogP contribution >= 0.6 is 0 Å². The Morgan fingerprint density at radius 2 is 1.70 bits per heavy atom. The van der Waals surface area contributed by atoms with Gasteiger partial charge in [0, 0.05) is 11.6 Å². The van der Waals surface area contributed by atoms with Gasteiger partial charge in [-0.25, -0.2) is 13.5 Å². The molecule has 0 atom stereocenters. The molecule has 0 aliphatic carbocycles. The number of rotatable bonds is 2. The van der Waals surface area contributed by atoms with Crippen LogP contribution in [-0.4, -0.2) is 20.1 Å². The number of halogens is 2. The van der Waals surface area contributed by atoms with Gasteiger partial charge in [0.2, 0.25) is 0 Å². The summed E-state index contributed by atoms with van der Waals surface area (Å²) in [5.74, 6) is -1.70. The van der Waals surface area contributed by atoms with Crippen molar-refractivity contribution in [2.45, 2.75) is 0 Å². The summed E-state index contributed by atoms with van der Waals surface area (Å²) in [6, 6.07) is 9.94. The minimum Gasteiger partial charge on any atom is -0.508 e. The second kappa shape index (κ2) is 4.73. The van der Waals surface area contributed by atoms with Crippen LogP contribution in [-0.2, 0) is 0 Å². The maximum Gasteiger partial charge on any atom is 0.160 e. The smallest absolute Gasteiger partial charge is 0.160 e. The summed E-state index contributed by atoms with van der Waals surface area (Å²) in [5, 5.41) is 17.1. The van der Waals surface area contributed by atoms with Crippen molar-refractivity contribution in [2.24, 2.45) is 0 Å². The Bertz CT molecular complexity index is 753. The van der Waals surface area contributed by atoms with E-state index in [1.165, 1.54) is 22.9 Å². The molecule has 0 radical (unpaired) electrons. The van der Waals surface area contributed by atoms with Crippen LogP contribution in [0, 0.1) is 11.6 Å². The molecule has 3 aromatic rings. The Labute approximate surface area is 112 Å². The quantitative estimate of drug-likeness (QED) is 0.781. The Morgan fingerprint density at radius 1 is 0.950 bits per heavy atom. The van der Waals surface area contributed by atoms with E-state index in [-0.39, 0.29) is 5.75 Å². The molecule has 20 heavy (non-hydrogen) atoms. The largest absolute Gasteiger partial charge is 0.508 e. The Kier molecular flexibility index (Phi) is 2.90. The van der Waals surface area contributed by atoms with E-state index < -0.39 is 11.6 Å². The van der Waals surface area contributed by atoms with Gasteiger partial charge in [0.25, 0.3) is 0 Å². The fourth-order valence-corrected chi connectivity index (χ4v) is 1.78. The molecule has 0 fully saturated rings. The van der Waals surface area contributed by atoms with Crippen LogP contribution < -0.4 is 0 Å². The lowest BCUT2D eigenvalue weighted by molar-refractivity contribution is 0.475. The van der Waals surface area contributed by atoms with Crippen LogP contribution in [0.4, 0.5) is 8.78 Å². The molecule has 1 aromatic heterocycles. The van der Waals surface area contributed by atoms with E-state index in [1.54, 1.807) is 18.3 Å². The molecule has 0 saturated heterocycles. The molecule has 1 N–H and O–H groups in total. The van der Waals surface area contributed by atoms with E-state index in [2.05, 4.69) is 10.3 Å². The number of benzene rings is 2. The van der Waals surface area contributed by atoms with Gasteiger partial charge in [-0.05, 0) is 36.4 Å². The molecule has 0 bridgehead atoms. The molecular formula is C14H9F2N3O. The van der Waals surface area contributed by atoms with Crippen molar-refractivity contribution in [3.63, 3.8) is 0 Å². The molecule has 0 unspecified atom stereocenters. The molecule has 0 amide bonds. The van der Waals surface area contributed by atoms with Crippen molar-refractivity contribution in [2.75, 3.05) is 0 Å². The molecule has 4 nitrogen and oxygen atoms in total. The van der Waals surface area contributed by atoms with Crippen LogP contribution in [0.1, 0.15) is 0 Å². The lowest BCUT2D eigenvalue weighted by Gasteiger charge is -2.00. The van der Waals surface area contributed by atoms with Crippen LogP contribution in [0.5, 0.6) is 5.75 Å². The van der Waals surface area contributed by atoms with Crippen molar-refractivity contribution in [1.29, 1.82) is 0 Å². The molecule has 0 saturated carbocycles. The SMILES string of the molecule is Oc1ccc(-c2cn(-c3ccc(F)c(F)c3)nn2)cc1. The first-order valence-electron chi connectivity index (χ1n) is 5.81. The fourth-order valence-electron chi connectivity index (χ4n) is 1.78. The fraction of sp³-hybridized carbons (Fsp3) is 0. The molecule has 3 rings (SSSR count). The second-order valence-electron chi connectivity index (χ2n) is 4.19. The summed E-state index contributed by atoms with van der Waals surface area (Å²) in [6.07, 6.45) is 1.60. The first-order chi connectivity index (χ1) is 9.63. The topological polar surface area (TPSA) is 50.9 Å². The number of phenols is 1. The van der Waals surface area contributed by atoms with Gasteiger partial charge in [0.1, 0.15) is 11.4 Å². The Balaban J connectivity index is 1.97. The van der Waals surface area contributed by atoms with E-state index >= 15 is 0 Å². The van der Waals surface area contributed by atoms with Gasteiger partial charge in [-0.2, -0.15) is 0 Å². The number of nitrogens with zero attached hydrogens (tertiary/aromatic N) is 3. The highest BCUT2D eigenvalue weighted by molar-refractivity contribution is 5.59. The van der Waals surface area contributed by atoms with Gasteiger partial charge >= 0.3 is 0 Å². The number of phenolic OH excluding ortho intramolecular Hbond substituents is 1. The van der Waals surface area contributed by atoms with Gasteiger partial charge in [-0.15, -0.1) is 5.10 Å². The van der Waals surface area contributed by atoms with Crippen molar-refractivity contribution < 1.29 is 13.9 Å². The normalized spacial score (nSPS) is 10.7. The highest BCUT2D eigenvalue weighted by Gasteiger charge is 2.08. The summed E-state index contributed by atoms with van der Waals surface area (Å²) in [4.78, 5) is 0. The van der Waals surface area contributed by atoms with Gasteiger partial charge in [0.05, 0.1) is 11.9 Å². The molecule has 1 heterocycles. The number of aromatic hydroxyl groups is 1. The summed E-state index contributed by atoms with van der Waals surface area (Å²) >= 11 is 0. The molecular weight excluding hydrogens is 264 g/mol. The minimum atomic E-state index is -0.941. The summed E-state index contributed by atoms with van der Waals surface area (Å²) in [6.45, 7) is 0. The van der Waals surface area contributed by atoms with Gasteiger partial charge < -0.3 is 5.11 Å². The van der Waals surface area contributed by atoms with Crippen molar-refractivity contribution in [3.05, 3.63) is 60.3 Å². The zero-order valence-electron chi connectivity index (χ0n) is 10.2. The van der Waals surface area contributed by atoms with E-state index in [9.17, 15) is 13.9 Å². The molecule has 0 aliphatic rings. The number of aromatic nitrogens is 3. The van der Waals surface area contributed by atoms with E-state index in [4.69, 9.17) is 0 Å². The predicted molar refractivity (Wildman–Crippen MR) is 68.4 cm³/mol. The maximum atomic E-state index is 13.2. The second-order valence-corrected chi connectivity index (χ2v) is 4.19. The highest BCUT2D eigenvalue weighted by atomic mass is 19.2. The third-order valence-corrected chi connectivity index (χ3v) is 2.82. The third kappa shape index (κ3) is 2.23. The zero-order chi connectivity index (χ0) is 14.1. The lowest BCUT2D eigenvalue weighted by Crippen LogP contribution is -1.96. The first-order valence-corrected chi connectivity index (χ1v) is 5.81. The number of hydrogen-bond donors (Lipinski definition) is 1. The van der Waals surface area contributed by atoms with E-state index in [0.717, 1.165) is 17.7 Å². The van der Waals surface area contributed by atoms with Crippen LogP contribution in [0.3, 0.4) is 0 Å². The maximum absolute atomic E-state index is 13.2. The van der Waals surface area contributed by atoms with Crippen LogP contribution in [0.25, 0.3) is 16.9 Å². The van der Waals surface area contributed by atoms with E-state index in [1.807, 2.05) is 0 Å². The first kappa shape index (κ1) is 12.3. The molecule has 6 heteroatoms.